The van der Waals surface area contributed by atoms with Crippen LogP contribution >= 0.6 is 8.22 Å². The molecule has 1 aliphatic heterocycles. The van der Waals surface area contributed by atoms with E-state index in [1.165, 1.54) is 17.3 Å². The van der Waals surface area contributed by atoms with E-state index >= 15 is 0 Å². The Morgan fingerprint density at radius 2 is 1.26 bits per heavy atom. The van der Waals surface area contributed by atoms with Gasteiger partial charge in [-0.3, -0.25) is 9.34 Å². The second-order valence-corrected chi connectivity index (χ2v) is 11.1. The van der Waals surface area contributed by atoms with Crippen LogP contribution in [-0.2, 0) is 0 Å². The van der Waals surface area contributed by atoms with Crippen LogP contribution in [0, 0.1) is 0 Å². The third-order valence-electron chi connectivity index (χ3n) is 6.55. The summed E-state index contributed by atoms with van der Waals surface area (Å²) in [6.07, 6.45) is 2.28. The molecule has 0 amide bonds. The van der Waals surface area contributed by atoms with Crippen molar-refractivity contribution >= 4 is 13.9 Å². The lowest BCUT2D eigenvalue weighted by atomic mass is 10.1. The molecule has 0 unspecified atom stereocenters. The van der Waals surface area contributed by atoms with Gasteiger partial charge in [-0.2, -0.15) is 0 Å². The van der Waals surface area contributed by atoms with Gasteiger partial charge in [-0.15, -0.1) is 0 Å². The maximum absolute atomic E-state index is 4.15. The van der Waals surface area contributed by atoms with Crippen LogP contribution in [0.3, 0.4) is 0 Å². The van der Waals surface area contributed by atoms with Gasteiger partial charge in [0.05, 0.1) is 5.82 Å². The highest BCUT2D eigenvalue weighted by molar-refractivity contribution is 7.53. The van der Waals surface area contributed by atoms with Crippen molar-refractivity contribution in [3.8, 4) is 0 Å². The molecule has 0 spiro atoms. The van der Waals surface area contributed by atoms with Gasteiger partial charge >= 0.3 is 0 Å². The molecule has 0 radical (unpaired) electrons. The maximum atomic E-state index is 4.15. The van der Waals surface area contributed by atoms with Crippen molar-refractivity contribution in [3.05, 3.63) is 115 Å². The highest BCUT2D eigenvalue weighted by Crippen LogP contribution is 2.56. The second kappa shape index (κ2) is 12.2. The smallest absolute Gasteiger partial charge is 0.0957 e. The molecule has 1 fully saturated rings. The minimum atomic E-state index is -0.400. The van der Waals surface area contributed by atoms with E-state index in [1.807, 2.05) is 18.2 Å². The van der Waals surface area contributed by atoms with Crippen LogP contribution < -0.4 is 10.6 Å². The van der Waals surface area contributed by atoms with Gasteiger partial charge in [-0.25, -0.2) is 0 Å². The standard InChI is InChI=1S/C29H37N4P/c1-24(27-14-7-4-8-15-27)32-21-22-33(25(2)28-16-9-5-10-17-28)34(32)23-13-20-30-26(3)31-29-18-11-6-12-19-29/h4-12,14-19,24-25,30-31H,3,13,20-23H2,1-2H3/t24-,25-/m0/s1. The summed E-state index contributed by atoms with van der Waals surface area (Å²) in [5.74, 6) is 0.856. The molecule has 0 saturated carbocycles. The summed E-state index contributed by atoms with van der Waals surface area (Å²) in [6.45, 7) is 12.0. The third-order valence-corrected chi connectivity index (χ3v) is 9.55. The molecule has 5 heteroatoms. The van der Waals surface area contributed by atoms with Crippen LogP contribution in [0.15, 0.2) is 103 Å². The molecule has 4 nitrogen and oxygen atoms in total. The molecule has 1 heterocycles. The molecule has 0 aromatic heterocycles. The van der Waals surface area contributed by atoms with E-state index in [0.717, 1.165) is 37.6 Å². The zero-order valence-corrected chi connectivity index (χ0v) is 21.3. The minimum Gasteiger partial charge on any atom is -0.372 e. The highest BCUT2D eigenvalue weighted by atomic mass is 31.1. The second-order valence-electron chi connectivity index (χ2n) is 8.85. The van der Waals surface area contributed by atoms with Crippen molar-refractivity contribution in [1.29, 1.82) is 0 Å². The van der Waals surface area contributed by atoms with Crippen molar-refractivity contribution in [2.24, 2.45) is 0 Å². The van der Waals surface area contributed by atoms with E-state index in [0.29, 0.717) is 12.1 Å². The monoisotopic (exact) mass is 472 g/mol. The van der Waals surface area contributed by atoms with E-state index in [1.54, 1.807) is 0 Å². The molecule has 34 heavy (non-hydrogen) atoms. The normalized spacial score (nSPS) is 16.8. The average Bonchev–Trinajstić information content (AvgIpc) is 3.31. The van der Waals surface area contributed by atoms with Gasteiger partial charge in [0.25, 0.3) is 0 Å². The SMILES string of the molecule is C=C(NCCCP1N([C@@H](C)c2ccccc2)CCN1[C@@H](C)c1ccccc1)Nc1ccccc1. The molecule has 4 rings (SSSR count). The topological polar surface area (TPSA) is 30.5 Å². The molecular weight excluding hydrogens is 435 g/mol. The molecule has 2 atom stereocenters. The predicted octanol–water partition coefficient (Wildman–Crippen LogP) is 7.00. The van der Waals surface area contributed by atoms with E-state index in [4.69, 9.17) is 0 Å². The first kappa shape index (κ1) is 24.5. The molecule has 1 saturated heterocycles. The summed E-state index contributed by atoms with van der Waals surface area (Å²) in [7, 11) is -0.400. The Bertz CT molecular complexity index is 959. The first-order valence-electron chi connectivity index (χ1n) is 12.3. The zero-order valence-electron chi connectivity index (χ0n) is 20.4. The molecule has 0 bridgehead atoms. The zero-order chi connectivity index (χ0) is 23.8. The third kappa shape index (κ3) is 6.27. The number of para-hydroxylation sites is 1. The molecular formula is C29H37N4P. The number of nitrogens with one attached hydrogen (secondary N) is 2. The van der Waals surface area contributed by atoms with Gasteiger partial charge in [0.2, 0.25) is 0 Å². The van der Waals surface area contributed by atoms with Gasteiger partial charge < -0.3 is 10.6 Å². The fourth-order valence-electron chi connectivity index (χ4n) is 4.63. The predicted molar refractivity (Wildman–Crippen MR) is 147 cm³/mol. The summed E-state index contributed by atoms with van der Waals surface area (Å²) in [4.78, 5) is 0. The largest absolute Gasteiger partial charge is 0.372 e. The van der Waals surface area contributed by atoms with Crippen molar-refractivity contribution < 1.29 is 0 Å². The van der Waals surface area contributed by atoms with E-state index < -0.39 is 8.22 Å². The van der Waals surface area contributed by atoms with Crippen LogP contribution in [0.25, 0.3) is 0 Å². The Balaban J connectivity index is 1.40. The first-order valence-corrected chi connectivity index (χ1v) is 13.7. The lowest BCUT2D eigenvalue weighted by Crippen LogP contribution is -2.25. The molecule has 1 aliphatic rings. The van der Waals surface area contributed by atoms with Crippen LogP contribution in [0.1, 0.15) is 43.5 Å². The Hall–Kier alpha value is -2.65. The van der Waals surface area contributed by atoms with Crippen LogP contribution in [0.5, 0.6) is 0 Å². The molecule has 178 valence electrons. The van der Waals surface area contributed by atoms with Crippen LogP contribution in [0.2, 0.25) is 0 Å². The van der Waals surface area contributed by atoms with Crippen molar-refractivity contribution in [2.45, 2.75) is 32.4 Å². The summed E-state index contributed by atoms with van der Waals surface area (Å²) in [5, 5.41) is 6.82. The summed E-state index contributed by atoms with van der Waals surface area (Å²) >= 11 is 0. The molecule has 2 N–H and O–H groups in total. The van der Waals surface area contributed by atoms with Gasteiger partial charge in [-0.05, 0) is 49.7 Å². The number of hydrogen-bond donors (Lipinski definition) is 2. The number of hydrogen-bond acceptors (Lipinski definition) is 4. The Kier molecular flexibility index (Phi) is 8.76. The minimum absolute atomic E-state index is 0.400. The van der Waals surface area contributed by atoms with Crippen molar-refractivity contribution in [2.75, 3.05) is 31.1 Å². The van der Waals surface area contributed by atoms with E-state index in [2.05, 4.69) is 113 Å². The summed E-state index contributed by atoms with van der Waals surface area (Å²) < 4.78 is 5.50. The number of nitrogens with zero attached hydrogens (tertiary/aromatic N) is 2. The Labute approximate surface area is 206 Å². The van der Waals surface area contributed by atoms with Gasteiger partial charge in [0, 0.05) is 45.6 Å². The van der Waals surface area contributed by atoms with Crippen molar-refractivity contribution in [3.63, 3.8) is 0 Å². The Morgan fingerprint density at radius 1 is 0.794 bits per heavy atom. The van der Waals surface area contributed by atoms with Gasteiger partial charge in [-0.1, -0.05) is 85.4 Å². The van der Waals surface area contributed by atoms with Gasteiger partial charge in [0.15, 0.2) is 0 Å². The van der Waals surface area contributed by atoms with Crippen molar-refractivity contribution in [1.82, 2.24) is 14.7 Å². The van der Waals surface area contributed by atoms with Crippen LogP contribution in [0.4, 0.5) is 5.69 Å². The average molecular weight is 473 g/mol. The van der Waals surface area contributed by atoms with E-state index in [9.17, 15) is 0 Å². The summed E-state index contributed by atoms with van der Waals surface area (Å²) in [6, 6.07) is 32.9. The highest BCUT2D eigenvalue weighted by Gasteiger charge is 2.37. The quantitative estimate of drug-likeness (QED) is 0.232. The van der Waals surface area contributed by atoms with Crippen LogP contribution in [-0.4, -0.2) is 35.1 Å². The number of benzene rings is 3. The number of anilines is 1. The lowest BCUT2D eigenvalue weighted by molar-refractivity contribution is 0.377. The molecule has 3 aromatic carbocycles. The summed E-state index contributed by atoms with van der Waals surface area (Å²) in [5.41, 5.74) is 3.87. The fourth-order valence-corrected chi connectivity index (χ4v) is 7.59. The lowest BCUT2D eigenvalue weighted by Gasteiger charge is -2.37. The fraction of sp³-hybridized carbons (Fsp3) is 0.310. The Morgan fingerprint density at radius 3 is 1.76 bits per heavy atom. The van der Waals surface area contributed by atoms with E-state index in [-0.39, 0.29) is 0 Å². The first-order chi connectivity index (χ1) is 16.6. The van der Waals surface area contributed by atoms with Gasteiger partial charge in [0.1, 0.15) is 0 Å². The molecule has 3 aromatic rings. The molecule has 0 aliphatic carbocycles. The maximum Gasteiger partial charge on any atom is 0.0957 e. The number of rotatable bonds is 11.